The number of hydrogen-bond donors (Lipinski definition) is 1. The van der Waals surface area contributed by atoms with Crippen LogP contribution in [0.25, 0.3) is 0 Å². The lowest BCUT2D eigenvalue weighted by molar-refractivity contribution is 0.148. The van der Waals surface area contributed by atoms with E-state index in [1.54, 1.807) is 11.1 Å². The molecule has 0 amide bonds. The van der Waals surface area contributed by atoms with E-state index in [-0.39, 0.29) is 0 Å². The molecule has 4 rings (SSSR count). The summed E-state index contributed by atoms with van der Waals surface area (Å²) in [5, 5.41) is 0. The molecule has 3 fully saturated rings. The molecule has 0 aromatic heterocycles. The van der Waals surface area contributed by atoms with Crippen LogP contribution in [0.3, 0.4) is 0 Å². The first kappa shape index (κ1) is 13.8. The van der Waals surface area contributed by atoms with Gasteiger partial charge in [-0.15, -0.1) is 0 Å². The Hall–Kier alpha value is -0.860. The Morgan fingerprint density at radius 2 is 1.71 bits per heavy atom. The molecule has 2 aliphatic carbocycles. The van der Waals surface area contributed by atoms with Crippen molar-refractivity contribution >= 4 is 0 Å². The molecule has 2 atom stereocenters. The topological polar surface area (TPSA) is 29.3 Å². The number of rotatable bonds is 4. The zero-order valence-electron chi connectivity index (χ0n) is 13.0. The summed E-state index contributed by atoms with van der Waals surface area (Å²) in [6, 6.07) is 10.7. The second-order valence-corrected chi connectivity index (χ2v) is 7.31. The third kappa shape index (κ3) is 2.76. The minimum atomic E-state index is 0.585. The quantitative estimate of drug-likeness (QED) is 0.910. The van der Waals surface area contributed by atoms with Gasteiger partial charge in [-0.25, -0.2) is 0 Å². The van der Waals surface area contributed by atoms with Gasteiger partial charge in [0.2, 0.25) is 0 Å². The van der Waals surface area contributed by atoms with Crippen molar-refractivity contribution in [1.82, 2.24) is 4.90 Å². The van der Waals surface area contributed by atoms with Gasteiger partial charge < -0.3 is 5.73 Å². The molecule has 2 unspecified atom stereocenters. The fourth-order valence-corrected chi connectivity index (χ4v) is 4.31. The molecule has 0 radical (unpaired) electrons. The van der Waals surface area contributed by atoms with Crippen LogP contribution in [0.15, 0.2) is 24.3 Å². The van der Waals surface area contributed by atoms with Crippen molar-refractivity contribution in [1.29, 1.82) is 0 Å². The Bertz CT molecular complexity index is 490. The minimum absolute atomic E-state index is 0.585. The highest BCUT2D eigenvalue weighted by Crippen LogP contribution is 2.48. The van der Waals surface area contributed by atoms with Crippen molar-refractivity contribution in [2.24, 2.45) is 11.7 Å². The molecule has 2 heteroatoms. The molecule has 1 aromatic carbocycles. The maximum absolute atomic E-state index is 6.20. The number of hydrogen-bond acceptors (Lipinski definition) is 2. The van der Waals surface area contributed by atoms with E-state index in [1.807, 2.05) is 0 Å². The molecule has 1 saturated heterocycles. The Morgan fingerprint density at radius 3 is 2.38 bits per heavy atom. The van der Waals surface area contributed by atoms with Crippen LogP contribution in [0, 0.1) is 5.92 Å². The normalized spacial score (nSPS) is 31.1. The average molecular weight is 284 g/mol. The monoisotopic (exact) mass is 284 g/mol. The summed E-state index contributed by atoms with van der Waals surface area (Å²) in [4.78, 5) is 2.83. The zero-order valence-corrected chi connectivity index (χ0v) is 13.0. The highest BCUT2D eigenvalue weighted by Gasteiger charge is 2.40. The molecule has 2 N–H and O–H groups in total. The van der Waals surface area contributed by atoms with Gasteiger partial charge in [0.25, 0.3) is 0 Å². The Labute approximate surface area is 128 Å². The molecular weight excluding hydrogens is 256 g/mol. The molecule has 2 saturated carbocycles. The van der Waals surface area contributed by atoms with Crippen LogP contribution in [0.4, 0.5) is 0 Å². The summed E-state index contributed by atoms with van der Waals surface area (Å²) in [5.41, 5.74) is 9.45. The maximum atomic E-state index is 6.20. The molecule has 21 heavy (non-hydrogen) atoms. The highest BCUT2D eigenvalue weighted by atomic mass is 15.2. The van der Waals surface area contributed by atoms with Gasteiger partial charge in [0.15, 0.2) is 0 Å². The van der Waals surface area contributed by atoms with Crippen LogP contribution in [-0.2, 0) is 0 Å². The first-order chi connectivity index (χ1) is 10.4. The van der Waals surface area contributed by atoms with Crippen molar-refractivity contribution in [3.8, 4) is 0 Å². The summed E-state index contributed by atoms with van der Waals surface area (Å²) in [5.74, 6) is 1.48. The van der Waals surface area contributed by atoms with Crippen LogP contribution in [-0.4, -0.2) is 24.0 Å². The van der Waals surface area contributed by atoms with Crippen molar-refractivity contribution in [3.63, 3.8) is 0 Å². The van der Waals surface area contributed by atoms with Crippen LogP contribution in [0.5, 0.6) is 0 Å². The van der Waals surface area contributed by atoms with E-state index < -0.39 is 0 Å². The molecular formula is C19H28N2. The van der Waals surface area contributed by atoms with E-state index in [9.17, 15) is 0 Å². The van der Waals surface area contributed by atoms with E-state index in [4.69, 9.17) is 5.73 Å². The predicted octanol–water partition coefficient (Wildman–Crippen LogP) is 3.83. The standard InChI is InChI=1S/C19H28N2/c20-13-15-5-3-4-12-21(16-10-11-16)19(15)18-7-2-1-6-17(18)14-8-9-14/h1-2,6-7,14-16,19H,3-5,8-13,20H2. The lowest BCUT2D eigenvalue weighted by atomic mass is 9.85. The largest absolute Gasteiger partial charge is 0.330 e. The number of nitrogens with zero attached hydrogens (tertiary/aromatic N) is 1. The minimum Gasteiger partial charge on any atom is -0.330 e. The molecule has 1 aliphatic heterocycles. The molecule has 3 aliphatic rings. The average Bonchev–Trinajstić information content (AvgIpc) is 3.41. The molecule has 1 heterocycles. The SMILES string of the molecule is NCC1CCCCN(C2CC2)C1c1ccccc1C1CC1. The van der Waals surface area contributed by atoms with Gasteiger partial charge in [-0.05, 0) is 74.6 Å². The van der Waals surface area contributed by atoms with Crippen molar-refractivity contribution in [2.45, 2.75) is 62.9 Å². The third-order valence-corrected chi connectivity index (χ3v) is 5.70. The first-order valence-corrected chi connectivity index (χ1v) is 8.93. The van der Waals surface area contributed by atoms with Gasteiger partial charge in [-0.1, -0.05) is 30.7 Å². The van der Waals surface area contributed by atoms with Crippen LogP contribution in [0.2, 0.25) is 0 Å². The molecule has 1 aromatic rings. The molecule has 0 spiro atoms. The van der Waals surface area contributed by atoms with Gasteiger partial charge in [-0.3, -0.25) is 4.90 Å². The predicted molar refractivity (Wildman–Crippen MR) is 87.3 cm³/mol. The summed E-state index contributed by atoms with van der Waals surface area (Å²) in [6.45, 7) is 2.12. The van der Waals surface area contributed by atoms with Crippen molar-refractivity contribution in [3.05, 3.63) is 35.4 Å². The Morgan fingerprint density at radius 1 is 0.952 bits per heavy atom. The first-order valence-electron chi connectivity index (χ1n) is 8.93. The molecule has 2 nitrogen and oxygen atoms in total. The summed E-state index contributed by atoms with van der Waals surface area (Å²) in [6.07, 6.45) is 9.60. The van der Waals surface area contributed by atoms with Crippen molar-refractivity contribution < 1.29 is 0 Å². The van der Waals surface area contributed by atoms with Crippen LogP contribution < -0.4 is 5.73 Å². The second kappa shape index (κ2) is 5.73. The molecule has 0 bridgehead atoms. The second-order valence-electron chi connectivity index (χ2n) is 7.31. The molecule has 114 valence electrons. The summed E-state index contributed by atoms with van der Waals surface area (Å²) >= 11 is 0. The van der Waals surface area contributed by atoms with Gasteiger partial charge in [0.1, 0.15) is 0 Å². The van der Waals surface area contributed by atoms with E-state index >= 15 is 0 Å². The number of benzene rings is 1. The van der Waals surface area contributed by atoms with Gasteiger partial charge in [0.05, 0.1) is 0 Å². The van der Waals surface area contributed by atoms with E-state index in [1.165, 1.54) is 51.5 Å². The van der Waals surface area contributed by atoms with Crippen molar-refractivity contribution in [2.75, 3.05) is 13.1 Å². The summed E-state index contributed by atoms with van der Waals surface area (Å²) in [7, 11) is 0. The maximum Gasteiger partial charge on any atom is 0.0394 e. The lowest BCUT2D eigenvalue weighted by Crippen LogP contribution is -2.37. The number of nitrogens with two attached hydrogens (primary N) is 1. The smallest absolute Gasteiger partial charge is 0.0394 e. The zero-order chi connectivity index (χ0) is 14.2. The fraction of sp³-hybridized carbons (Fsp3) is 0.684. The Balaban J connectivity index is 1.73. The summed E-state index contributed by atoms with van der Waals surface area (Å²) < 4.78 is 0. The lowest BCUT2D eigenvalue weighted by Gasteiger charge is -2.36. The van der Waals surface area contributed by atoms with E-state index in [0.29, 0.717) is 12.0 Å². The fourth-order valence-electron chi connectivity index (χ4n) is 4.31. The van der Waals surface area contributed by atoms with Crippen LogP contribution in [0.1, 0.15) is 68.0 Å². The van der Waals surface area contributed by atoms with E-state index in [0.717, 1.165) is 18.5 Å². The van der Waals surface area contributed by atoms with Gasteiger partial charge in [0, 0.05) is 12.1 Å². The van der Waals surface area contributed by atoms with Crippen LogP contribution >= 0.6 is 0 Å². The van der Waals surface area contributed by atoms with Gasteiger partial charge in [-0.2, -0.15) is 0 Å². The van der Waals surface area contributed by atoms with E-state index in [2.05, 4.69) is 29.2 Å². The highest BCUT2D eigenvalue weighted by molar-refractivity contribution is 5.36. The van der Waals surface area contributed by atoms with Gasteiger partial charge >= 0.3 is 0 Å². The Kier molecular flexibility index (Phi) is 3.76. The third-order valence-electron chi connectivity index (χ3n) is 5.70. The number of likely N-dealkylation sites (tertiary alicyclic amines) is 1.